The first-order valence-electron chi connectivity index (χ1n) is 7.36. The van der Waals surface area contributed by atoms with E-state index in [0.717, 1.165) is 10.9 Å². The van der Waals surface area contributed by atoms with Gasteiger partial charge in [-0.1, -0.05) is 30.3 Å². The van der Waals surface area contributed by atoms with Crippen LogP contribution in [0.5, 0.6) is 5.75 Å². The number of benzene rings is 2. The second-order valence-corrected chi connectivity index (χ2v) is 5.25. The number of ether oxygens (including phenoxy) is 1. The lowest BCUT2D eigenvalue weighted by Gasteiger charge is -2.17. The van der Waals surface area contributed by atoms with Gasteiger partial charge >= 0.3 is 0 Å². The summed E-state index contributed by atoms with van der Waals surface area (Å²) in [6, 6.07) is 13.9. The summed E-state index contributed by atoms with van der Waals surface area (Å²) in [7, 11) is 1.70. The van der Waals surface area contributed by atoms with E-state index >= 15 is 0 Å². The monoisotopic (exact) mass is 312 g/mol. The maximum absolute atomic E-state index is 13.5. The Hall–Kier alpha value is -2.82. The van der Waals surface area contributed by atoms with E-state index in [1.807, 2.05) is 24.3 Å². The van der Waals surface area contributed by atoms with Crippen LogP contribution in [-0.2, 0) is 0 Å². The summed E-state index contributed by atoms with van der Waals surface area (Å²) >= 11 is 0. The van der Waals surface area contributed by atoms with E-state index in [2.05, 4.69) is 4.98 Å². The molecule has 3 aromatic rings. The highest BCUT2D eigenvalue weighted by atomic mass is 19.1. The average molecular weight is 312 g/mol. The van der Waals surface area contributed by atoms with Crippen molar-refractivity contribution in [3.8, 4) is 5.75 Å². The molecule has 4 nitrogen and oxygen atoms in total. The summed E-state index contributed by atoms with van der Waals surface area (Å²) < 4.78 is 18.8. The minimum atomic E-state index is -0.405. The third-order valence-corrected chi connectivity index (χ3v) is 3.69. The molecular weight excluding hydrogens is 295 g/mol. The van der Waals surface area contributed by atoms with Crippen LogP contribution in [0.3, 0.4) is 0 Å². The molecule has 0 atom stereocenters. The first kappa shape index (κ1) is 15.1. The maximum Gasteiger partial charge on any atom is 0.255 e. The Balaban J connectivity index is 1.63. The smallest absolute Gasteiger partial charge is 0.255 e. The number of aromatic amines is 1. The van der Waals surface area contributed by atoms with Gasteiger partial charge in [0, 0.05) is 24.1 Å². The quantitative estimate of drug-likeness (QED) is 0.784. The van der Waals surface area contributed by atoms with Crippen LogP contribution >= 0.6 is 0 Å². The Morgan fingerprint density at radius 2 is 1.91 bits per heavy atom. The lowest BCUT2D eigenvalue weighted by atomic mass is 10.1. The van der Waals surface area contributed by atoms with E-state index in [9.17, 15) is 9.18 Å². The molecular formula is C18H17FN2O2. The second-order valence-electron chi connectivity index (χ2n) is 5.25. The molecule has 5 heteroatoms. The molecule has 0 aliphatic heterocycles. The van der Waals surface area contributed by atoms with Crippen LogP contribution < -0.4 is 4.74 Å². The Kier molecular flexibility index (Phi) is 4.28. The van der Waals surface area contributed by atoms with Crippen LogP contribution in [0.4, 0.5) is 4.39 Å². The number of aromatic nitrogens is 1. The number of rotatable bonds is 5. The predicted molar refractivity (Wildman–Crippen MR) is 87.2 cm³/mol. The van der Waals surface area contributed by atoms with E-state index in [4.69, 9.17) is 4.74 Å². The van der Waals surface area contributed by atoms with Crippen molar-refractivity contribution in [1.29, 1.82) is 0 Å². The fourth-order valence-corrected chi connectivity index (χ4v) is 2.41. The first-order valence-corrected chi connectivity index (χ1v) is 7.36. The van der Waals surface area contributed by atoms with Gasteiger partial charge in [-0.15, -0.1) is 0 Å². The summed E-state index contributed by atoms with van der Waals surface area (Å²) in [5.74, 6) is -0.307. The first-order chi connectivity index (χ1) is 11.2. The molecule has 1 heterocycles. The van der Waals surface area contributed by atoms with Gasteiger partial charge in [-0.25, -0.2) is 4.39 Å². The van der Waals surface area contributed by atoms with E-state index < -0.39 is 5.82 Å². The van der Waals surface area contributed by atoms with Gasteiger partial charge in [-0.3, -0.25) is 4.79 Å². The predicted octanol–water partition coefficient (Wildman–Crippen LogP) is 3.46. The number of fused-ring (bicyclic) bond motifs is 1. The third kappa shape index (κ3) is 3.18. The number of nitrogens with zero attached hydrogens (tertiary/aromatic N) is 1. The number of hydrogen-bond donors (Lipinski definition) is 1. The Morgan fingerprint density at radius 3 is 2.74 bits per heavy atom. The second kappa shape index (κ2) is 6.52. The molecule has 2 aromatic carbocycles. The van der Waals surface area contributed by atoms with Crippen LogP contribution in [0, 0.1) is 5.82 Å². The molecule has 0 spiro atoms. The van der Waals surface area contributed by atoms with E-state index in [-0.39, 0.29) is 18.3 Å². The minimum Gasteiger partial charge on any atom is -0.489 e. The van der Waals surface area contributed by atoms with Gasteiger partial charge in [0.1, 0.15) is 6.61 Å². The van der Waals surface area contributed by atoms with Crippen molar-refractivity contribution >= 4 is 16.8 Å². The van der Waals surface area contributed by atoms with Crippen molar-refractivity contribution < 1.29 is 13.9 Å². The number of carbonyl (C=O) groups is 1. The van der Waals surface area contributed by atoms with Crippen molar-refractivity contribution in [1.82, 2.24) is 9.88 Å². The third-order valence-electron chi connectivity index (χ3n) is 3.69. The lowest BCUT2D eigenvalue weighted by molar-refractivity contribution is 0.0775. The normalized spacial score (nSPS) is 10.7. The molecule has 1 N–H and O–H groups in total. The zero-order valence-electron chi connectivity index (χ0n) is 12.8. The fourth-order valence-electron chi connectivity index (χ4n) is 2.41. The van der Waals surface area contributed by atoms with Gasteiger partial charge in [0.15, 0.2) is 11.6 Å². The van der Waals surface area contributed by atoms with Gasteiger partial charge in [-0.05, 0) is 18.2 Å². The van der Waals surface area contributed by atoms with Crippen LogP contribution in [-0.4, -0.2) is 36.0 Å². The van der Waals surface area contributed by atoms with Crippen molar-refractivity contribution in [2.24, 2.45) is 0 Å². The summed E-state index contributed by atoms with van der Waals surface area (Å²) in [5, 5.41) is 0.888. The topological polar surface area (TPSA) is 45.3 Å². The van der Waals surface area contributed by atoms with Crippen LogP contribution in [0.2, 0.25) is 0 Å². The minimum absolute atomic E-state index is 0.0976. The van der Waals surface area contributed by atoms with E-state index in [1.165, 1.54) is 6.07 Å². The molecule has 0 radical (unpaired) electrons. The number of carbonyl (C=O) groups excluding carboxylic acids is 1. The number of halogens is 1. The summed E-state index contributed by atoms with van der Waals surface area (Å²) in [4.78, 5) is 17.2. The summed E-state index contributed by atoms with van der Waals surface area (Å²) in [5.41, 5.74) is 1.54. The van der Waals surface area contributed by atoms with Gasteiger partial charge < -0.3 is 14.6 Å². The highest BCUT2D eigenvalue weighted by Gasteiger charge is 2.16. The van der Waals surface area contributed by atoms with Gasteiger partial charge in [0.25, 0.3) is 5.91 Å². The molecule has 0 bridgehead atoms. The zero-order chi connectivity index (χ0) is 16.2. The molecule has 1 aromatic heterocycles. The molecule has 0 saturated carbocycles. The summed E-state index contributed by atoms with van der Waals surface area (Å²) in [6.07, 6.45) is 1.71. The number of para-hydroxylation sites is 2. The Labute approximate surface area is 133 Å². The van der Waals surface area contributed by atoms with Crippen molar-refractivity contribution in [3.63, 3.8) is 0 Å². The molecule has 0 saturated heterocycles. The molecule has 0 fully saturated rings. The van der Waals surface area contributed by atoms with Crippen LogP contribution in [0.25, 0.3) is 10.9 Å². The zero-order valence-corrected chi connectivity index (χ0v) is 12.8. The molecule has 23 heavy (non-hydrogen) atoms. The lowest BCUT2D eigenvalue weighted by Crippen LogP contribution is -2.30. The molecule has 118 valence electrons. The number of amides is 1. The fraction of sp³-hybridized carbons (Fsp3) is 0.167. The number of hydrogen-bond acceptors (Lipinski definition) is 2. The Morgan fingerprint density at radius 1 is 1.17 bits per heavy atom. The summed E-state index contributed by atoms with van der Waals surface area (Å²) in [6.45, 7) is 0.595. The number of nitrogens with one attached hydrogen (secondary N) is 1. The molecule has 0 unspecified atom stereocenters. The SMILES string of the molecule is CN(CCOc1ccccc1F)C(=O)c1c[nH]c2ccccc12. The van der Waals surface area contributed by atoms with E-state index in [0.29, 0.717) is 12.1 Å². The van der Waals surface area contributed by atoms with Crippen molar-refractivity contribution in [2.45, 2.75) is 0 Å². The highest BCUT2D eigenvalue weighted by Crippen LogP contribution is 2.19. The van der Waals surface area contributed by atoms with Gasteiger partial charge in [0.05, 0.1) is 12.1 Å². The number of likely N-dealkylation sites (N-methyl/N-ethyl adjacent to an activating group) is 1. The van der Waals surface area contributed by atoms with Gasteiger partial charge in [0.2, 0.25) is 0 Å². The number of H-pyrrole nitrogens is 1. The van der Waals surface area contributed by atoms with Gasteiger partial charge in [-0.2, -0.15) is 0 Å². The van der Waals surface area contributed by atoms with Crippen LogP contribution in [0.15, 0.2) is 54.7 Å². The molecule has 3 rings (SSSR count). The standard InChI is InChI=1S/C18H17FN2O2/c1-21(10-11-23-17-9-5-3-7-15(17)19)18(22)14-12-20-16-8-4-2-6-13(14)16/h2-9,12,20H,10-11H2,1H3. The van der Waals surface area contributed by atoms with Crippen molar-refractivity contribution in [2.75, 3.05) is 20.2 Å². The largest absolute Gasteiger partial charge is 0.489 e. The molecule has 1 amide bonds. The average Bonchev–Trinajstić information content (AvgIpc) is 3.00. The maximum atomic E-state index is 13.5. The Bertz CT molecular complexity index is 829. The molecule has 0 aliphatic carbocycles. The highest BCUT2D eigenvalue weighted by molar-refractivity contribution is 6.06. The van der Waals surface area contributed by atoms with Crippen molar-refractivity contribution in [3.05, 3.63) is 66.1 Å². The van der Waals surface area contributed by atoms with E-state index in [1.54, 1.807) is 36.3 Å². The van der Waals surface area contributed by atoms with Crippen LogP contribution in [0.1, 0.15) is 10.4 Å². The molecule has 0 aliphatic rings.